The van der Waals surface area contributed by atoms with Gasteiger partial charge in [-0.2, -0.15) is 0 Å². The van der Waals surface area contributed by atoms with Crippen molar-refractivity contribution in [3.05, 3.63) is 11.6 Å². The molecule has 0 aromatic carbocycles. The lowest BCUT2D eigenvalue weighted by molar-refractivity contribution is -0.319. The van der Waals surface area contributed by atoms with Crippen LogP contribution in [-0.2, 0) is 18.9 Å². The minimum atomic E-state index is -1.35. The molecular weight excluding hydrogens is 592 g/mol. The van der Waals surface area contributed by atoms with Gasteiger partial charge in [0.1, 0.15) is 30.5 Å². The topological polar surface area (TPSA) is 158 Å². The first kappa shape index (κ1) is 32.5. The Morgan fingerprint density at radius 3 is 2.33 bits per heavy atom. The van der Waals surface area contributed by atoms with Gasteiger partial charge in [-0.1, -0.05) is 46.3 Å². The molecule has 2 bridgehead atoms. The van der Waals surface area contributed by atoms with Crippen LogP contribution in [0.4, 0.5) is 0 Å². The molecule has 3 spiro atoms. The largest absolute Gasteiger partial charge is 0.392 e. The number of hydrogen-bond donors (Lipinski definition) is 6. The van der Waals surface area contributed by atoms with Gasteiger partial charge in [0.25, 0.3) is 0 Å². The van der Waals surface area contributed by atoms with E-state index in [1.54, 1.807) is 20.8 Å². The van der Waals surface area contributed by atoms with Crippen LogP contribution in [0.1, 0.15) is 93.9 Å². The second-order valence-corrected chi connectivity index (χ2v) is 18.4. The van der Waals surface area contributed by atoms with Crippen LogP contribution in [-0.4, -0.2) is 103 Å². The fraction of sp³-hybridized carbons (Fsp3) is 0.944. The van der Waals surface area contributed by atoms with Crippen LogP contribution in [0.5, 0.6) is 0 Å². The maximum atomic E-state index is 12.6. The van der Waals surface area contributed by atoms with E-state index in [4.69, 9.17) is 18.9 Å². The number of rotatable bonds is 3. The molecule has 10 nitrogen and oxygen atoms in total. The summed E-state index contributed by atoms with van der Waals surface area (Å²) in [5, 5.41) is 67.5. The summed E-state index contributed by atoms with van der Waals surface area (Å²) >= 11 is 0. The highest BCUT2D eigenvalue weighted by molar-refractivity contribution is 5.49. The van der Waals surface area contributed by atoms with E-state index in [1.807, 2.05) is 0 Å². The maximum Gasteiger partial charge on any atom is 0.200 e. The van der Waals surface area contributed by atoms with Crippen LogP contribution < -0.4 is 0 Å². The van der Waals surface area contributed by atoms with Gasteiger partial charge in [0.15, 0.2) is 12.1 Å². The predicted molar refractivity (Wildman–Crippen MR) is 165 cm³/mol. The van der Waals surface area contributed by atoms with Crippen LogP contribution in [0.2, 0.25) is 0 Å². The van der Waals surface area contributed by atoms with E-state index in [0.29, 0.717) is 12.8 Å². The highest BCUT2D eigenvalue weighted by atomic mass is 16.8. The summed E-state index contributed by atoms with van der Waals surface area (Å²) in [6, 6.07) is 0. The van der Waals surface area contributed by atoms with Gasteiger partial charge in [-0.25, -0.2) is 0 Å². The van der Waals surface area contributed by atoms with E-state index in [0.717, 1.165) is 25.7 Å². The molecule has 8 rings (SSSR count). The molecule has 18 atom stereocenters. The van der Waals surface area contributed by atoms with Crippen molar-refractivity contribution in [2.24, 2.45) is 44.8 Å². The van der Waals surface area contributed by atoms with Gasteiger partial charge >= 0.3 is 0 Å². The Balaban J connectivity index is 1.15. The average molecular weight is 649 g/mol. The molecule has 0 aromatic heterocycles. The molecule has 7 fully saturated rings. The van der Waals surface area contributed by atoms with Gasteiger partial charge in [0, 0.05) is 22.2 Å². The molecule has 10 heteroatoms. The monoisotopic (exact) mass is 648 g/mol. The molecular formula is C36H56O10. The van der Waals surface area contributed by atoms with E-state index >= 15 is 0 Å². The van der Waals surface area contributed by atoms with E-state index in [-0.39, 0.29) is 46.2 Å². The smallest absolute Gasteiger partial charge is 0.200 e. The number of fused-ring (bicyclic) bond motifs is 4. The molecule has 0 amide bonds. The summed E-state index contributed by atoms with van der Waals surface area (Å²) < 4.78 is 25.8. The Morgan fingerprint density at radius 2 is 1.65 bits per heavy atom. The Labute approximate surface area is 272 Å². The number of aliphatic hydroxyl groups excluding tert-OH is 5. The Kier molecular flexibility index (Phi) is 6.62. The van der Waals surface area contributed by atoms with Gasteiger partial charge < -0.3 is 49.6 Å². The molecule has 5 aliphatic carbocycles. The molecule has 0 unspecified atom stereocenters. The zero-order valence-corrected chi connectivity index (χ0v) is 28.6. The zero-order chi connectivity index (χ0) is 33.4. The molecule has 3 saturated heterocycles. The van der Waals surface area contributed by atoms with Crippen molar-refractivity contribution in [1.82, 2.24) is 0 Å². The second kappa shape index (κ2) is 9.36. The van der Waals surface area contributed by atoms with Crippen LogP contribution in [0.3, 0.4) is 0 Å². The summed E-state index contributed by atoms with van der Waals surface area (Å²) in [6.45, 7) is 16.1. The highest BCUT2D eigenvalue weighted by Gasteiger charge is 2.88. The SMILES string of the molecule is C[C@@H]1C[C@@H]2O[C@]3(O[C@@H]2C(C)(C)O)[C@H]1[C@@]1(C)[C@H](O)C[C@@]24C[C@@]25CC[C@H](O[C@@H]2O[C@@H](C)[C@H](O)[C@@H](O)[C@H]2O)C(C)(C)[C@H]5CC=C4[C@]1(C)[C@H]3O. The molecule has 6 N–H and O–H groups in total. The zero-order valence-electron chi connectivity index (χ0n) is 28.6. The summed E-state index contributed by atoms with van der Waals surface area (Å²) in [5.41, 5.74) is -2.04. The van der Waals surface area contributed by atoms with Crippen LogP contribution >= 0.6 is 0 Å². The van der Waals surface area contributed by atoms with Gasteiger partial charge in [-0.15, -0.1) is 0 Å². The molecule has 8 aliphatic rings. The van der Waals surface area contributed by atoms with Gasteiger partial charge in [0.05, 0.1) is 30.0 Å². The third-order valence-electron chi connectivity index (χ3n) is 15.6. The van der Waals surface area contributed by atoms with E-state index in [9.17, 15) is 30.6 Å². The van der Waals surface area contributed by atoms with Crippen molar-refractivity contribution in [1.29, 1.82) is 0 Å². The molecule has 260 valence electrons. The quantitative estimate of drug-likeness (QED) is 0.251. The summed E-state index contributed by atoms with van der Waals surface area (Å²) in [4.78, 5) is 0. The summed E-state index contributed by atoms with van der Waals surface area (Å²) in [7, 11) is 0. The Bertz CT molecular complexity index is 1330. The molecule has 0 aromatic rings. The lowest BCUT2D eigenvalue weighted by Crippen LogP contribution is -2.61. The number of allylic oxidation sites excluding steroid dienone is 1. The minimum Gasteiger partial charge on any atom is -0.392 e. The standard InChI is InChI=1S/C36H56O10/c1-16-13-18-27(31(5,6)42)46-36(45-18)26(16)33(8)21(37)14-35-15-34(35)12-11-22(44-28-25(40)24(39)23(38)17(2)43-28)30(3,4)19(34)9-10-20(35)32(33,7)29(36)41/h10,16-19,21-29,37-42H,9,11-15H2,1-8H3/t16-,17+,18+,19-,21-,22+,23+,24-,25-,26-,27+,28+,29-,32-,33-,34-,35+,36+/m1/s1. The highest BCUT2D eigenvalue weighted by Crippen LogP contribution is 2.89. The molecule has 3 aliphatic heterocycles. The lowest BCUT2D eigenvalue weighted by atomic mass is 9.44. The summed E-state index contributed by atoms with van der Waals surface area (Å²) in [6.07, 6.45) is -1.38. The van der Waals surface area contributed by atoms with Crippen molar-refractivity contribution in [2.45, 2.75) is 167 Å². The van der Waals surface area contributed by atoms with E-state index in [1.165, 1.54) is 5.57 Å². The van der Waals surface area contributed by atoms with Crippen molar-refractivity contribution in [3.8, 4) is 0 Å². The summed E-state index contributed by atoms with van der Waals surface area (Å²) in [5.74, 6) is -1.20. The van der Waals surface area contributed by atoms with Crippen molar-refractivity contribution in [3.63, 3.8) is 0 Å². The van der Waals surface area contributed by atoms with Crippen molar-refractivity contribution in [2.75, 3.05) is 0 Å². The van der Waals surface area contributed by atoms with Crippen LogP contribution in [0.15, 0.2) is 11.6 Å². The molecule has 4 saturated carbocycles. The van der Waals surface area contributed by atoms with E-state index in [2.05, 4.69) is 40.7 Å². The first-order chi connectivity index (χ1) is 21.2. The third kappa shape index (κ3) is 3.48. The van der Waals surface area contributed by atoms with Crippen molar-refractivity contribution >= 4 is 0 Å². The molecule has 3 heterocycles. The normalized spacial score (nSPS) is 61.5. The van der Waals surface area contributed by atoms with Crippen LogP contribution in [0, 0.1) is 44.8 Å². The fourth-order valence-corrected chi connectivity index (χ4v) is 13.4. The second-order valence-electron chi connectivity index (χ2n) is 18.4. The first-order valence-electron chi connectivity index (χ1n) is 17.7. The van der Waals surface area contributed by atoms with Crippen molar-refractivity contribution < 1.29 is 49.6 Å². The first-order valence-corrected chi connectivity index (χ1v) is 17.7. The van der Waals surface area contributed by atoms with Gasteiger partial charge in [-0.05, 0) is 82.0 Å². The van der Waals surface area contributed by atoms with Gasteiger partial charge in [-0.3, -0.25) is 0 Å². The Hall–Kier alpha value is -0.660. The minimum absolute atomic E-state index is 0.0624. The maximum absolute atomic E-state index is 12.6. The van der Waals surface area contributed by atoms with E-state index < -0.39 is 71.2 Å². The average Bonchev–Trinajstić information content (AvgIpc) is 3.46. The number of hydrogen-bond acceptors (Lipinski definition) is 10. The predicted octanol–water partition coefficient (Wildman–Crippen LogP) is 2.40. The van der Waals surface area contributed by atoms with Crippen LogP contribution in [0.25, 0.3) is 0 Å². The molecule has 46 heavy (non-hydrogen) atoms. The van der Waals surface area contributed by atoms with Gasteiger partial charge in [0.2, 0.25) is 0 Å². The number of ether oxygens (including phenoxy) is 4. The fourth-order valence-electron chi connectivity index (χ4n) is 13.4. The third-order valence-corrected chi connectivity index (χ3v) is 15.6. The lowest BCUT2D eigenvalue weighted by Gasteiger charge is -2.61. The number of aliphatic hydroxyl groups is 6. The Morgan fingerprint density at radius 1 is 0.957 bits per heavy atom. The molecule has 0 radical (unpaired) electrons.